The Bertz CT molecular complexity index is 693. The summed E-state index contributed by atoms with van der Waals surface area (Å²) in [7, 11) is 1.30. The first-order valence-electron chi connectivity index (χ1n) is 9.84. The highest BCUT2D eigenvalue weighted by atomic mass is 16.5. The van der Waals surface area contributed by atoms with E-state index in [9.17, 15) is 14.4 Å². The number of rotatable bonds is 11. The lowest BCUT2D eigenvalue weighted by Crippen LogP contribution is -2.44. The average Bonchev–Trinajstić information content (AvgIpc) is 2.93. The van der Waals surface area contributed by atoms with Crippen LogP contribution in [0, 0.1) is 19.8 Å². The van der Waals surface area contributed by atoms with Gasteiger partial charge in [-0.15, -0.1) is 0 Å². The van der Waals surface area contributed by atoms with E-state index in [2.05, 4.69) is 4.98 Å². The molecule has 0 aliphatic carbocycles. The van der Waals surface area contributed by atoms with E-state index in [1.54, 1.807) is 25.7 Å². The lowest BCUT2D eigenvalue weighted by atomic mass is 9.99. The van der Waals surface area contributed by atoms with E-state index in [0.29, 0.717) is 49.4 Å². The Kier molecular flexibility index (Phi) is 9.38. The first-order valence-corrected chi connectivity index (χ1v) is 9.84. The summed E-state index contributed by atoms with van der Waals surface area (Å²) in [6.07, 6.45) is 1.04. The van der Waals surface area contributed by atoms with Crippen molar-refractivity contribution in [1.29, 1.82) is 0 Å². The van der Waals surface area contributed by atoms with E-state index in [-0.39, 0.29) is 23.3 Å². The minimum absolute atomic E-state index is 0.0496. The predicted octanol–water partition coefficient (Wildman–Crippen LogP) is 3.29. The van der Waals surface area contributed by atoms with E-state index in [4.69, 9.17) is 9.47 Å². The number of hydrogen-bond acceptors (Lipinski definition) is 5. The molecule has 0 saturated carbocycles. The second-order valence-electron chi connectivity index (χ2n) is 7.39. The largest absolute Gasteiger partial charge is 0.464 e. The average molecular weight is 395 g/mol. The number of aromatic amines is 1. The van der Waals surface area contributed by atoms with Crippen LogP contribution in [0.2, 0.25) is 0 Å². The van der Waals surface area contributed by atoms with Crippen molar-refractivity contribution in [1.82, 2.24) is 9.88 Å². The Morgan fingerprint density at radius 1 is 1.14 bits per heavy atom. The van der Waals surface area contributed by atoms with Crippen molar-refractivity contribution in [2.24, 2.45) is 5.92 Å². The van der Waals surface area contributed by atoms with Crippen LogP contribution >= 0.6 is 0 Å². The van der Waals surface area contributed by atoms with Crippen LogP contribution in [0.25, 0.3) is 0 Å². The van der Waals surface area contributed by atoms with E-state index in [1.165, 1.54) is 7.11 Å². The van der Waals surface area contributed by atoms with E-state index in [1.807, 2.05) is 20.8 Å². The maximum atomic E-state index is 13.2. The number of aromatic nitrogens is 1. The minimum atomic E-state index is -0.633. The van der Waals surface area contributed by atoms with Gasteiger partial charge in [0.05, 0.1) is 13.2 Å². The van der Waals surface area contributed by atoms with Gasteiger partial charge in [-0.25, -0.2) is 4.79 Å². The molecule has 0 radical (unpaired) electrons. The molecule has 158 valence electrons. The number of ketones is 1. The van der Waals surface area contributed by atoms with Crippen LogP contribution in [-0.4, -0.2) is 60.5 Å². The number of aryl methyl sites for hydroxylation is 1. The fourth-order valence-corrected chi connectivity index (χ4v) is 3.26. The van der Waals surface area contributed by atoms with Crippen molar-refractivity contribution in [3.8, 4) is 0 Å². The van der Waals surface area contributed by atoms with E-state index in [0.717, 1.165) is 0 Å². The molecule has 1 aromatic heterocycles. The van der Waals surface area contributed by atoms with Gasteiger partial charge in [0, 0.05) is 37.4 Å². The third-order valence-corrected chi connectivity index (χ3v) is 4.72. The number of carbonyl (C=O) groups is 3. The first kappa shape index (κ1) is 23.9. The van der Waals surface area contributed by atoms with Crippen LogP contribution in [0.15, 0.2) is 0 Å². The first-order chi connectivity index (χ1) is 13.1. The SMILES string of the molecule is CCOCCCN(C(=O)CC(C)C)[C@H](C)C(=O)c1c(C)[nH]c(C(=O)OC)c1C. The number of nitrogens with one attached hydrogen (secondary N) is 1. The predicted molar refractivity (Wildman–Crippen MR) is 108 cm³/mol. The van der Waals surface area contributed by atoms with Gasteiger partial charge in [-0.2, -0.15) is 0 Å². The summed E-state index contributed by atoms with van der Waals surface area (Å²) in [5.74, 6) is -0.552. The van der Waals surface area contributed by atoms with Gasteiger partial charge in [0.2, 0.25) is 5.91 Å². The number of H-pyrrole nitrogens is 1. The van der Waals surface area contributed by atoms with Gasteiger partial charge in [0.25, 0.3) is 0 Å². The molecule has 0 fully saturated rings. The number of amides is 1. The standard InChI is InChI=1S/C21H34N2O5/c1-8-28-11-9-10-23(17(24)12-13(2)3)16(6)20(25)18-14(4)19(21(26)27-7)22-15(18)5/h13,16,22H,8-12H2,1-7H3/t16-/m1/s1. The highest BCUT2D eigenvalue weighted by molar-refractivity contribution is 6.06. The zero-order chi connectivity index (χ0) is 21.4. The third kappa shape index (κ3) is 5.92. The third-order valence-electron chi connectivity index (χ3n) is 4.72. The molecule has 0 unspecified atom stereocenters. The van der Waals surface area contributed by atoms with E-state index >= 15 is 0 Å². The monoisotopic (exact) mass is 394 g/mol. The topological polar surface area (TPSA) is 88.7 Å². The Balaban J connectivity index is 3.11. The molecular formula is C21H34N2O5. The molecule has 0 spiro atoms. The smallest absolute Gasteiger partial charge is 0.354 e. The van der Waals surface area contributed by atoms with Crippen LogP contribution in [0.1, 0.15) is 72.6 Å². The van der Waals surface area contributed by atoms with Crippen molar-refractivity contribution in [3.63, 3.8) is 0 Å². The summed E-state index contributed by atoms with van der Waals surface area (Å²) >= 11 is 0. The van der Waals surface area contributed by atoms with Crippen LogP contribution < -0.4 is 0 Å². The van der Waals surface area contributed by atoms with E-state index < -0.39 is 12.0 Å². The Labute approximate surface area is 167 Å². The molecule has 1 amide bonds. The highest BCUT2D eigenvalue weighted by Gasteiger charge is 2.31. The van der Waals surface area contributed by atoms with Crippen molar-refractivity contribution in [3.05, 3.63) is 22.5 Å². The summed E-state index contributed by atoms with van der Waals surface area (Å²) < 4.78 is 10.1. The van der Waals surface area contributed by atoms with Gasteiger partial charge in [-0.1, -0.05) is 13.8 Å². The number of nitrogens with zero attached hydrogens (tertiary/aromatic N) is 1. The van der Waals surface area contributed by atoms with Gasteiger partial charge in [0.1, 0.15) is 5.69 Å². The normalized spacial score (nSPS) is 12.1. The highest BCUT2D eigenvalue weighted by Crippen LogP contribution is 2.22. The van der Waals surface area contributed by atoms with Gasteiger partial charge in [0.15, 0.2) is 5.78 Å². The number of hydrogen-bond donors (Lipinski definition) is 1. The summed E-state index contributed by atoms with van der Waals surface area (Å²) in [4.78, 5) is 42.5. The number of methoxy groups -OCH3 is 1. The Hall–Kier alpha value is -2.15. The van der Waals surface area contributed by atoms with Crippen LogP contribution in [0.4, 0.5) is 0 Å². The fraction of sp³-hybridized carbons (Fsp3) is 0.667. The molecular weight excluding hydrogens is 360 g/mol. The summed E-state index contributed by atoms with van der Waals surface area (Å²) in [5, 5.41) is 0. The lowest BCUT2D eigenvalue weighted by Gasteiger charge is -2.29. The fourth-order valence-electron chi connectivity index (χ4n) is 3.26. The van der Waals surface area contributed by atoms with Gasteiger partial charge >= 0.3 is 5.97 Å². The molecule has 1 atom stereocenters. The molecule has 1 N–H and O–H groups in total. The van der Waals surface area contributed by atoms with Gasteiger partial charge < -0.3 is 19.4 Å². The van der Waals surface area contributed by atoms with Crippen molar-refractivity contribution >= 4 is 17.7 Å². The quantitative estimate of drug-likeness (QED) is 0.353. The van der Waals surface area contributed by atoms with Gasteiger partial charge in [-0.3, -0.25) is 9.59 Å². The second kappa shape index (κ2) is 11.0. The lowest BCUT2D eigenvalue weighted by molar-refractivity contribution is -0.133. The molecule has 1 aromatic rings. The summed E-state index contributed by atoms with van der Waals surface area (Å²) in [6, 6.07) is -0.633. The molecule has 0 bridgehead atoms. The van der Waals surface area contributed by atoms with Crippen LogP contribution in [-0.2, 0) is 14.3 Å². The summed E-state index contributed by atoms with van der Waals surface area (Å²) in [6.45, 7) is 12.7. The van der Waals surface area contributed by atoms with Crippen molar-refractivity contribution in [2.75, 3.05) is 26.9 Å². The molecule has 0 aliphatic rings. The molecule has 0 saturated heterocycles. The molecule has 7 heteroatoms. The summed E-state index contributed by atoms with van der Waals surface area (Å²) in [5.41, 5.74) is 1.86. The maximum absolute atomic E-state index is 13.2. The minimum Gasteiger partial charge on any atom is -0.464 e. The van der Waals surface area contributed by atoms with Gasteiger partial charge in [-0.05, 0) is 45.6 Å². The van der Waals surface area contributed by atoms with Crippen molar-refractivity contribution in [2.45, 2.75) is 60.4 Å². The molecule has 7 nitrogen and oxygen atoms in total. The number of ether oxygens (including phenoxy) is 2. The number of carbonyl (C=O) groups excluding carboxylic acids is 3. The molecule has 0 aliphatic heterocycles. The number of esters is 1. The zero-order valence-corrected chi connectivity index (χ0v) is 18.2. The second-order valence-corrected chi connectivity index (χ2v) is 7.39. The van der Waals surface area contributed by atoms with Crippen molar-refractivity contribution < 1.29 is 23.9 Å². The molecule has 1 rings (SSSR count). The Morgan fingerprint density at radius 2 is 1.79 bits per heavy atom. The maximum Gasteiger partial charge on any atom is 0.354 e. The van der Waals surface area contributed by atoms with Crippen LogP contribution in [0.3, 0.4) is 0 Å². The zero-order valence-electron chi connectivity index (χ0n) is 18.2. The number of Topliss-reactive ketones (excluding diaryl/α,β-unsaturated/α-hetero) is 1. The van der Waals surface area contributed by atoms with Crippen LogP contribution in [0.5, 0.6) is 0 Å². The Morgan fingerprint density at radius 3 is 2.32 bits per heavy atom. The molecule has 28 heavy (non-hydrogen) atoms. The molecule has 1 heterocycles. The molecule has 0 aromatic carbocycles.